The predicted octanol–water partition coefficient (Wildman–Crippen LogP) is 2.78. The number of ether oxygens (including phenoxy) is 2. The second-order valence-electron chi connectivity index (χ2n) is 7.35. The lowest BCUT2D eigenvalue weighted by Gasteiger charge is -2.30. The van der Waals surface area contributed by atoms with Crippen LogP contribution < -0.4 is 20.1 Å². The highest BCUT2D eigenvalue weighted by atomic mass is 19.4. The number of halogens is 3. The summed E-state index contributed by atoms with van der Waals surface area (Å²) in [7, 11) is 1.36. The smallest absolute Gasteiger partial charge is 0.424 e. The number of carbonyl (C=O) groups excluding carboxylic acids is 1. The Balaban J connectivity index is 1.58. The van der Waals surface area contributed by atoms with Gasteiger partial charge in [-0.2, -0.15) is 13.2 Å². The summed E-state index contributed by atoms with van der Waals surface area (Å²) in [6.07, 6.45) is -2.50. The Morgan fingerprint density at radius 1 is 1.29 bits per heavy atom. The van der Waals surface area contributed by atoms with Crippen LogP contribution in [0.1, 0.15) is 37.2 Å². The third-order valence-corrected chi connectivity index (χ3v) is 5.05. The molecule has 2 unspecified atom stereocenters. The topological polar surface area (TPSA) is 97.6 Å². The minimum absolute atomic E-state index is 0.414. The maximum Gasteiger partial charge on any atom is 0.424 e. The number of imidazole rings is 1. The summed E-state index contributed by atoms with van der Waals surface area (Å²) in [5.74, 6) is 0.663. The van der Waals surface area contributed by atoms with E-state index in [4.69, 9.17) is 9.47 Å². The molecule has 2 aromatic rings. The second-order valence-corrected chi connectivity index (χ2v) is 7.35. The number of fused-ring (bicyclic) bond motifs is 1. The number of rotatable bonds is 6. The average molecular weight is 442 g/mol. The van der Waals surface area contributed by atoms with Gasteiger partial charge in [0, 0.05) is 38.8 Å². The molecule has 0 bridgehead atoms. The molecule has 11 heteroatoms. The number of nitrogens with zero attached hydrogens (tertiary/aromatic N) is 2. The highest BCUT2D eigenvalue weighted by Crippen LogP contribution is 2.40. The largest absolute Gasteiger partial charge is 0.490 e. The summed E-state index contributed by atoms with van der Waals surface area (Å²) in [5, 5.41) is 15.3. The first-order valence-corrected chi connectivity index (χ1v) is 9.82. The van der Waals surface area contributed by atoms with Gasteiger partial charge < -0.3 is 29.8 Å². The number of urea groups is 1. The van der Waals surface area contributed by atoms with Crippen molar-refractivity contribution in [3.8, 4) is 11.5 Å². The van der Waals surface area contributed by atoms with E-state index in [0.29, 0.717) is 24.7 Å². The van der Waals surface area contributed by atoms with Crippen molar-refractivity contribution in [3.05, 3.63) is 42.0 Å². The number of amides is 2. The van der Waals surface area contributed by atoms with Crippen molar-refractivity contribution in [1.29, 1.82) is 0 Å². The molecule has 3 N–H and O–H groups in total. The van der Waals surface area contributed by atoms with Gasteiger partial charge in [-0.3, -0.25) is 0 Å². The lowest BCUT2D eigenvalue weighted by Crippen LogP contribution is -2.47. The number of aliphatic hydroxyl groups is 1. The number of hydrogen-bond donors (Lipinski definition) is 3. The fourth-order valence-corrected chi connectivity index (χ4v) is 3.28. The van der Waals surface area contributed by atoms with E-state index >= 15 is 0 Å². The van der Waals surface area contributed by atoms with Crippen molar-refractivity contribution < 1.29 is 32.5 Å². The van der Waals surface area contributed by atoms with Gasteiger partial charge in [0.1, 0.15) is 5.82 Å². The molecule has 0 spiro atoms. The lowest BCUT2D eigenvalue weighted by molar-refractivity contribution is -0.272. The molecular weight excluding hydrogens is 417 g/mol. The zero-order chi connectivity index (χ0) is 22.6. The van der Waals surface area contributed by atoms with Gasteiger partial charge in [-0.1, -0.05) is 6.07 Å². The minimum atomic E-state index is -4.96. The summed E-state index contributed by atoms with van der Waals surface area (Å²) >= 11 is 0. The van der Waals surface area contributed by atoms with E-state index in [1.54, 1.807) is 25.1 Å². The first-order valence-electron chi connectivity index (χ1n) is 9.82. The summed E-state index contributed by atoms with van der Waals surface area (Å²) in [4.78, 5) is 15.8. The van der Waals surface area contributed by atoms with E-state index in [9.17, 15) is 23.1 Å². The molecule has 1 aliphatic heterocycles. The lowest BCUT2D eigenvalue weighted by atomic mass is 9.97. The van der Waals surface area contributed by atoms with Gasteiger partial charge in [-0.05, 0) is 24.6 Å². The second kappa shape index (κ2) is 9.04. The fraction of sp³-hybridized carbons (Fsp3) is 0.500. The van der Waals surface area contributed by atoms with E-state index in [0.717, 1.165) is 16.6 Å². The first-order chi connectivity index (χ1) is 14.6. The molecule has 0 radical (unpaired) electrons. The van der Waals surface area contributed by atoms with Gasteiger partial charge in [0.05, 0.1) is 19.3 Å². The van der Waals surface area contributed by atoms with Crippen molar-refractivity contribution in [2.75, 3.05) is 19.8 Å². The van der Waals surface area contributed by atoms with Crippen molar-refractivity contribution in [3.63, 3.8) is 0 Å². The van der Waals surface area contributed by atoms with E-state index < -0.39 is 42.6 Å². The fourth-order valence-electron chi connectivity index (χ4n) is 3.28. The monoisotopic (exact) mass is 442 g/mol. The van der Waals surface area contributed by atoms with Gasteiger partial charge in [0.15, 0.2) is 11.5 Å². The van der Waals surface area contributed by atoms with Crippen LogP contribution in [0.25, 0.3) is 0 Å². The Hall–Kier alpha value is -2.95. The number of alkyl halides is 3. The summed E-state index contributed by atoms with van der Waals surface area (Å²) in [6, 6.07) is 4.19. The number of benzene rings is 1. The van der Waals surface area contributed by atoms with Gasteiger partial charge in [-0.25, -0.2) is 9.78 Å². The number of nitrogens with one attached hydrogen (secondary N) is 2. The molecule has 3 rings (SSSR count). The molecule has 0 saturated heterocycles. The maximum absolute atomic E-state index is 13.5. The van der Waals surface area contributed by atoms with E-state index in [-0.39, 0.29) is 0 Å². The van der Waals surface area contributed by atoms with Crippen molar-refractivity contribution in [2.24, 2.45) is 7.05 Å². The summed E-state index contributed by atoms with van der Waals surface area (Å²) < 4.78 is 52.8. The number of carbonyl (C=O) groups is 1. The average Bonchev–Trinajstić information content (AvgIpc) is 2.99. The molecular formula is C20H25F3N4O4. The van der Waals surface area contributed by atoms with Gasteiger partial charge in [0.25, 0.3) is 0 Å². The van der Waals surface area contributed by atoms with Crippen LogP contribution in [-0.4, -0.2) is 46.6 Å². The van der Waals surface area contributed by atoms with Crippen molar-refractivity contribution in [2.45, 2.75) is 37.6 Å². The third kappa shape index (κ3) is 5.04. The maximum atomic E-state index is 13.5. The molecule has 0 saturated carbocycles. The Morgan fingerprint density at radius 3 is 2.65 bits per heavy atom. The molecule has 2 amide bonds. The molecule has 1 aromatic carbocycles. The Bertz CT molecular complexity index is 918. The molecule has 1 aromatic heterocycles. The molecule has 2 atom stereocenters. The number of hydrogen-bond acceptors (Lipinski definition) is 5. The molecule has 170 valence electrons. The molecule has 31 heavy (non-hydrogen) atoms. The van der Waals surface area contributed by atoms with Crippen LogP contribution in [-0.2, 0) is 12.6 Å². The van der Waals surface area contributed by atoms with E-state index in [1.165, 1.54) is 19.4 Å². The van der Waals surface area contributed by atoms with Crippen LogP contribution in [0, 0.1) is 0 Å². The molecule has 8 nitrogen and oxygen atoms in total. The minimum Gasteiger partial charge on any atom is -0.490 e. The molecule has 1 aliphatic rings. The number of aromatic nitrogens is 2. The summed E-state index contributed by atoms with van der Waals surface area (Å²) in [5.41, 5.74) is -2.43. The van der Waals surface area contributed by atoms with Crippen LogP contribution in [0.15, 0.2) is 30.6 Å². The Morgan fingerprint density at radius 2 is 2.00 bits per heavy atom. The van der Waals surface area contributed by atoms with Crippen LogP contribution >= 0.6 is 0 Å². The highest BCUT2D eigenvalue weighted by Gasteiger charge is 2.57. The van der Waals surface area contributed by atoms with Gasteiger partial charge in [-0.15, -0.1) is 0 Å². The Labute approximate surface area is 177 Å². The van der Waals surface area contributed by atoms with E-state index in [1.807, 2.05) is 0 Å². The first kappa shape index (κ1) is 22.7. The van der Waals surface area contributed by atoms with Crippen LogP contribution in [0.4, 0.5) is 18.0 Å². The van der Waals surface area contributed by atoms with E-state index in [2.05, 4.69) is 15.6 Å². The third-order valence-electron chi connectivity index (χ3n) is 5.05. The molecule has 0 fully saturated rings. The zero-order valence-corrected chi connectivity index (χ0v) is 17.2. The number of aryl methyl sites for hydroxylation is 1. The quantitative estimate of drug-likeness (QED) is 0.639. The van der Waals surface area contributed by atoms with Crippen LogP contribution in [0.3, 0.4) is 0 Å². The van der Waals surface area contributed by atoms with Crippen LogP contribution in [0.2, 0.25) is 0 Å². The Kier molecular flexibility index (Phi) is 6.63. The normalized spacial score (nSPS) is 16.7. The standard InChI is InChI=1S/C20H25F3N4O4/c1-13(14-4-5-15-16(12-14)31-11-3-10-30-15)26-18(28)25-7-6-19(29,20(21,22)23)17-24-8-9-27(17)2/h4-5,8-9,12-13,29H,3,6-7,10-11H2,1-2H3,(H2,25,26,28). The SMILES string of the molecule is CC(NC(=O)NCCC(O)(c1nccn1C)C(F)(F)F)c1ccc2c(c1)OCCCO2. The van der Waals surface area contributed by atoms with Crippen molar-refractivity contribution in [1.82, 2.24) is 20.2 Å². The zero-order valence-electron chi connectivity index (χ0n) is 17.2. The van der Waals surface area contributed by atoms with Crippen LogP contribution in [0.5, 0.6) is 11.5 Å². The summed E-state index contributed by atoms with van der Waals surface area (Å²) in [6.45, 7) is 2.41. The van der Waals surface area contributed by atoms with Gasteiger partial charge >= 0.3 is 12.2 Å². The molecule has 0 aliphatic carbocycles. The highest BCUT2D eigenvalue weighted by molar-refractivity contribution is 5.74. The van der Waals surface area contributed by atoms with Gasteiger partial charge in [0.2, 0.25) is 5.60 Å². The molecule has 2 heterocycles. The predicted molar refractivity (Wildman–Crippen MR) is 105 cm³/mol. The van der Waals surface area contributed by atoms with Crippen molar-refractivity contribution >= 4 is 6.03 Å².